The molecule has 0 spiro atoms. The lowest BCUT2D eigenvalue weighted by Crippen LogP contribution is -2.26. The lowest BCUT2D eigenvalue weighted by Gasteiger charge is -2.29. The molecular formula is C6H16OP2. The third-order valence-corrected chi connectivity index (χ3v) is 0.762. The van der Waals surface area contributed by atoms with Crippen molar-refractivity contribution in [2.45, 2.75) is 38.4 Å². The summed E-state index contributed by atoms with van der Waals surface area (Å²) in [5.41, 5.74) is 0. The number of hydrogen-bond donors (Lipinski definition) is 0. The van der Waals surface area contributed by atoms with E-state index in [1.165, 1.54) is 0 Å². The molecule has 0 aromatic carbocycles. The molecular weight excluding hydrogens is 150 g/mol. The minimum atomic E-state index is -0.120. The SMILES string of the molecule is CC(C)(P)OC(C)(C)P. The molecule has 0 heterocycles. The molecule has 0 fully saturated rings. The Morgan fingerprint density at radius 2 is 1.11 bits per heavy atom. The van der Waals surface area contributed by atoms with Gasteiger partial charge in [-0.3, -0.25) is 0 Å². The van der Waals surface area contributed by atoms with Crippen molar-refractivity contribution in [1.82, 2.24) is 0 Å². The zero-order chi connectivity index (χ0) is 7.71. The van der Waals surface area contributed by atoms with Crippen molar-refractivity contribution >= 4 is 18.5 Å². The molecule has 9 heavy (non-hydrogen) atoms. The van der Waals surface area contributed by atoms with Crippen molar-refractivity contribution in [1.29, 1.82) is 0 Å². The van der Waals surface area contributed by atoms with Gasteiger partial charge in [0.15, 0.2) is 0 Å². The fourth-order valence-electron chi connectivity index (χ4n) is 0.678. The van der Waals surface area contributed by atoms with Crippen molar-refractivity contribution in [2.24, 2.45) is 0 Å². The highest BCUT2D eigenvalue weighted by atomic mass is 31.0. The molecule has 0 amide bonds. The topological polar surface area (TPSA) is 9.23 Å². The van der Waals surface area contributed by atoms with Gasteiger partial charge in [0.2, 0.25) is 0 Å². The summed E-state index contributed by atoms with van der Waals surface area (Å²) in [7, 11) is 5.29. The van der Waals surface area contributed by atoms with Gasteiger partial charge in [0.05, 0.1) is 10.7 Å². The number of rotatable bonds is 2. The average Bonchev–Trinajstić information content (AvgIpc) is 1.14. The molecule has 1 nitrogen and oxygen atoms in total. The third kappa shape index (κ3) is 8.82. The van der Waals surface area contributed by atoms with Crippen LogP contribution in [0.3, 0.4) is 0 Å². The van der Waals surface area contributed by atoms with E-state index >= 15 is 0 Å². The van der Waals surface area contributed by atoms with Gasteiger partial charge in [0, 0.05) is 0 Å². The van der Waals surface area contributed by atoms with Crippen molar-refractivity contribution in [3.05, 3.63) is 0 Å². The molecule has 0 saturated carbocycles. The van der Waals surface area contributed by atoms with Crippen molar-refractivity contribution < 1.29 is 4.74 Å². The van der Waals surface area contributed by atoms with E-state index in [-0.39, 0.29) is 10.7 Å². The Hall–Kier alpha value is 0.820. The van der Waals surface area contributed by atoms with E-state index in [0.717, 1.165) is 0 Å². The van der Waals surface area contributed by atoms with Gasteiger partial charge < -0.3 is 4.74 Å². The highest BCUT2D eigenvalue weighted by molar-refractivity contribution is 7.19. The summed E-state index contributed by atoms with van der Waals surface area (Å²) in [5.74, 6) is 0. The quantitative estimate of drug-likeness (QED) is 0.571. The third-order valence-electron chi connectivity index (χ3n) is 0.526. The molecule has 0 aromatic heterocycles. The standard InChI is InChI=1S/C6H16OP2/c1-5(2,8)7-6(3,4)9/h8-9H2,1-4H3. The van der Waals surface area contributed by atoms with Crippen LogP contribution >= 0.6 is 18.5 Å². The summed E-state index contributed by atoms with van der Waals surface area (Å²) in [6.45, 7) is 8.07. The first kappa shape index (κ1) is 9.82. The van der Waals surface area contributed by atoms with Crippen LogP contribution in [0.25, 0.3) is 0 Å². The van der Waals surface area contributed by atoms with Crippen LogP contribution in [0.2, 0.25) is 0 Å². The Morgan fingerprint density at radius 1 is 0.889 bits per heavy atom. The van der Waals surface area contributed by atoms with Crippen molar-refractivity contribution in [3.8, 4) is 0 Å². The summed E-state index contributed by atoms with van der Waals surface area (Å²) < 4.78 is 5.55. The maximum absolute atomic E-state index is 5.55. The van der Waals surface area contributed by atoms with Crippen molar-refractivity contribution in [3.63, 3.8) is 0 Å². The van der Waals surface area contributed by atoms with Gasteiger partial charge in [-0.1, -0.05) is 0 Å². The van der Waals surface area contributed by atoms with Crippen LogP contribution in [0.4, 0.5) is 0 Å². The Labute approximate surface area is 62.3 Å². The van der Waals surface area contributed by atoms with Gasteiger partial charge in [0.1, 0.15) is 0 Å². The Bertz CT molecular complexity index is 76.2. The molecule has 3 heteroatoms. The van der Waals surface area contributed by atoms with Crippen LogP contribution in [0, 0.1) is 0 Å². The smallest absolute Gasteiger partial charge is 0.0769 e. The highest BCUT2D eigenvalue weighted by Gasteiger charge is 2.20. The molecule has 0 saturated heterocycles. The lowest BCUT2D eigenvalue weighted by atomic mass is 10.4. The first-order chi connectivity index (χ1) is 3.71. The number of ether oxygens (including phenoxy) is 1. The fourth-order valence-corrected chi connectivity index (χ4v) is 1.42. The second kappa shape index (κ2) is 2.82. The largest absolute Gasteiger partial charge is 0.362 e. The van der Waals surface area contributed by atoms with E-state index in [0.29, 0.717) is 0 Å². The Morgan fingerprint density at radius 3 is 1.11 bits per heavy atom. The molecule has 0 N–H and O–H groups in total. The molecule has 0 rings (SSSR count). The van der Waals surface area contributed by atoms with E-state index in [4.69, 9.17) is 4.74 Å². The zero-order valence-corrected chi connectivity index (χ0v) is 8.87. The van der Waals surface area contributed by atoms with E-state index < -0.39 is 0 Å². The summed E-state index contributed by atoms with van der Waals surface area (Å²) in [5, 5.41) is -0.240. The molecule has 0 radical (unpaired) electrons. The Kier molecular flexibility index (Phi) is 3.08. The van der Waals surface area contributed by atoms with E-state index in [1.807, 2.05) is 27.7 Å². The summed E-state index contributed by atoms with van der Waals surface area (Å²) >= 11 is 0. The van der Waals surface area contributed by atoms with Crippen LogP contribution in [0.15, 0.2) is 0 Å². The second-order valence-corrected chi connectivity index (χ2v) is 6.09. The van der Waals surface area contributed by atoms with E-state index in [9.17, 15) is 0 Å². The van der Waals surface area contributed by atoms with Gasteiger partial charge in [-0.25, -0.2) is 0 Å². The monoisotopic (exact) mass is 166 g/mol. The average molecular weight is 166 g/mol. The van der Waals surface area contributed by atoms with Gasteiger partial charge >= 0.3 is 0 Å². The second-order valence-electron chi connectivity index (χ2n) is 3.31. The molecule has 0 aliphatic heterocycles. The van der Waals surface area contributed by atoms with Gasteiger partial charge in [-0.15, -0.1) is 18.5 Å². The predicted molar refractivity (Wildman–Crippen MR) is 48.7 cm³/mol. The van der Waals surface area contributed by atoms with Gasteiger partial charge in [-0.2, -0.15) is 0 Å². The normalized spacial score (nSPS) is 14.0. The van der Waals surface area contributed by atoms with E-state index in [1.54, 1.807) is 0 Å². The summed E-state index contributed by atoms with van der Waals surface area (Å²) in [4.78, 5) is 0. The maximum Gasteiger partial charge on any atom is 0.0769 e. The molecule has 0 aliphatic carbocycles. The minimum absolute atomic E-state index is 0.120. The molecule has 56 valence electrons. The zero-order valence-electron chi connectivity index (χ0n) is 6.56. The molecule has 0 bridgehead atoms. The van der Waals surface area contributed by atoms with Gasteiger partial charge in [0.25, 0.3) is 0 Å². The molecule has 0 aromatic rings. The van der Waals surface area contributed by atoms with Crippen LogP contribution in [-0.4, -0.2) is 10.7 Å². The number of hydrogen-bond acceptors (Lipinski definition) is 1. The van der Waals surface area contributed by atoms with Crippen LogP contribution < -0.4 is 0 Å². The molecule has 0 aliphatic rings. The fraction of sp³-hybridized carbons (Fsp3) is 1.00. The van der Waals surface area contributed by atoms with Crippen LogP contribution in [-0.2, 0) is 4.74 Å². The first-order valence-electron chi connectivity index (χ1n) is 2.99. The predicted octanol–water partition coefficient (Wildman–Crippen LogP) is 2.23. The van der Waals surface area contributed by atoms with Crippen molar-refractivity contribution in [2.75, 3.05) is 0 Å². The highest BCUT2D eigenvalue weighted by Crippen LogP contribution is 2.29. The first-order valence-corrected chi connectivity index (χ1v) is 4.14. The van der Waals surface area contributed by atoms with Crippen LogP contribution in [0.5, 0.6) is 0 Å². The van der Waals surface area contributed by atoms with Gasteiger partial charge in [-0.05, 0) is 27.7 Å². The Balaban J connectivity index is 3.75. The molecule has 2 atom stereocenters. The maximum atomic E-state index is 5.55. The lowest BCUT2D eigenvalue weighted by molar-refractivity contribution is -0.0172. The minimum Gasteiger partial charge on any atom is -0.362 e. The molecule has 2 unspecified atom stereocenters. The summed E-state index contributed by atoms with van der Waals surface area (Å²) in [6, 6.07) is 0. The summed E-state index contributed by atoms with van der Waals surface area (Å²) in [6.07, 6.45) is 0. The van der Waals surface area contributed by atoms with E-state index in [2.05, 4.69) is 18.5 Å². The van der Waals surface area contributed by atoms with Crippen LogP contribution in [0.1, 0.15) is 27.7 Å².